The molecule has 0 aliphatic heterocycles. The number of hydrogen-bond donors (Lipinski definition) is 1. The van der Waals surface area contributed by atoms with Crippen molar-refractivity contribution in [3.8, 4) is 5.75 Å². The van der Waals surface area contributed by atoms with E-state index in [9.17, 15) is 9.59 Å². The van der Waals surface area contributed by atoms with Crippen LogP contribution in [0.15, 0.2) is 24.3 Å². The highest BCUT2D eigenvalue weighted by Crippen LogP contribution is 2.23. The van der Waals surface area contributed by atoms with Gasteiger partial charge in [-0.15, -0.1) is 0 Å². The van der Waals surface area contributed by atoms with Crippen LogP contribution >= 0.6 is 0 Å². The second-order valence-corrected chi connectivity index (χ2v) is 5.46. The molecule has 1 saturated carbocycles. The van der Waals surface area contributed by atoms with Crippen LogP contribution in [-0.4, -0.2) is 42.8 Å². The SMILES string of the molecule is COc1ccc(C(=O)CN(CC(N)=O)C2CCCC2)cc1. The van der Waals surface area contributed by atoms with Gasteiger partial charge in [-0.05, 0) is 37.1 Å². The molecule has 0 spiro atoms. The van der Waals surface area contributed by atoms with Crippen LogP contribution in [0, 0.1) is 0 Å². The first-order valence-electron chi connectivity index (χ1n) is 7.29. The van der Waals surface area contributed by atoms with Crippen molar-refractivity contribution < 1.29 is 14.3 Å². The van der Waals surface area contributed by atoms with Crippen molar-refractivity contribution in [1.29, 1.82) is 0 Å². The zero-order chi connectivity index (χ0) is 15.2. The first-order valence-corrected chi connectivity index (χ1v) is 7.29. The summed E-state index contributed by atoms with van der Waals surface area (Å²) < 4.78 is 5.08. The van der Waals surface area contributed by atoms with Gasteiger partial charge in [0, 0.05) is 11.6 Å². The summed E-state index contributed by atoms with van der Waals surface area (Å²) in [6.45, 7) is 0.381. The minimum atomic E-state index is -0.385. The number of nitrogens with zero attached hydrogens (tertiary/aromatic N) is 1. The smallest absolute Gasteiger partial charge is 0.231 e. The third-order valence-electron chi connectivity index (χ3n) is 3.96. The Morgan fingerprint density at radius 2 is 1.81 bits per heavy atom. The highest BCUT2D eigenvalue weighted by Gasteiger charge is 2.25. The number of ether oxygens (including phenoxy) is 1. The van der Waals surface area contributed by atoms with Gasteiger partial charge < -0.3 is 10.5 Å². The van der Waals surface area contributed by atoms with E-state index in [4.69, 9.17) is 10.5 Å². The summed E-state index contributed by atoms with van der Waals surface area (Å²) in [4.78, 5) is 25.5. The molecular formula is C16H22N2O3. The normalized spacial score (nSPS) is 15.3. The molecular weight excluding hydrogens is 268 g/mol. The number of Topliss-reactive ketones (excluding diaryl/α,β-unsaturated/α-hetero) is 1. The second-order valence-electron chi connectivity index (χ2n) is 5.46. The van der Waals surface area contributed by atoms with Crippen molar-refractivity contribution in [3.05, 3.63) is 29.8 Å². The zero-order valence-electron chi connectivity index (χ0n) is 12.4. The lowest BCUT2D eigenvalue weighted by atomic mass is 10.1. The second kappa shape index (κ2) is 7.22. The first kappa shape index (κ1) is 15.5. The topological polar surface area (TPSA) is 72.6 Å². The van der Waals surface area contributed by atoms with E-state index in [-0.39, 0.29) is 24.8 Å². The maximum atomic E-state index is 12.4. The van der Waals surface area contributed by atoms with E-state index in [1.165, 1.54) is 0 Å². The third kappa shape index (κ3) is 4.29. The molecule has 0 atom stereocenters. The van der Waals surface area contributed by atoms with Gasteiger partial charge in [-0.25, -0.2) is 0 Å². The van der Waals surface area contributed by atoms with E-state index in [1.807, 2.05) is 4.90 Å². The van der Waals surface area contributed by atoms with Gasteiger partial charge in [-0.1, -0.05) is 12.8 Å². The quantitative estimate of drug-likeness (QED) is 0.774. The zero-order valence-corrected chi connectivity index (χ0v) is 12.4. The van der Waals surface area contributed by atoms with Gasteiger partial charge in [0.2, 0.25) is 5.91 Å². The number of ketones is 1. The summed E-state index contributed by atoms with van der Waals surface area (Å²) in [5.41, 5.74) is 5.93. The predicted octanol–water partition coefficient (Wildman–Crippen LogP) is 1.61. The van der Waals surface area contributed by atoms with Crippen molar-refractivity contribution in [2.45, 2.75) is 31.7 Å². The largest absolute Gasteiger partial charge is 0.497 e. The summed E-state index contributed by atoms with van der Waals surface area (Å²) in [5, 5.41) is 0. The van der Waals surface area contributed by atoms with Crippen LogP contribution in [0.4, 0.5) is 0 Å². The Morgan fingerprint density at radius 3 is 2.33 bits per heavy atom. The predicted molar refractivity (Wildman–Crippen MR) is 80.3 cm³/mol. The monoisotopic (exact) mass is 290 g/mol. The van der Waals surface area contributed by atoms with Crippen LogP contribution in [0.1, 0.15) is 36.0 Å². The van der Waals surface area contributed by atoms with Crippen molar-refractivity contribution in [3.63, 3.8) is 0 Å². The molecule has 0 aromatic heterocycles. The summed E-state index contributed by atoms with van der Waals surface area (Å²) in [6.07, 6.45) is 4.36. The van der Waals surface area contributed by atoms with Gasteiger partial charge in [-0.2, -0.15) is 0 Å². The molecule has 1 amide bonds. The van der Waals surface area contributed by atoms with Crippen LogP contribution in [0.3, 0.4) is 0 Å². The summed E-state index contributed by atoms with van der Waals surface area (Å²) in [6, 6.07) is 7.32. The molecule has 0 heterocycles. The fraction of sp³-hybridized carbons (Fsp3) is 0.500. The fourth-order valence-electron chi connectivity index (χ4n) is 2.84. The molecule has 5 heteroatoms. The van der Waals surface area contributed by atoms with Crippen LogP contribution in [0.5, 0.6) is 5.75 Å². The number of amides is 1. The Balaban J connectivity index is 2.03. The molecule has 1 aromatic rings. The molecule has 5 nitrogen and oxygen atoms in total. The molecule has 0 unspecified atom stereocenters. The summed E-state index contributed by atoms with van der Waals surface area (Å²) in [5.74, 6) is 0.339. The lowest BCUT2D eigenvalue weighted by Gasteiger charge is -2.26. The Labute approximate surface area is 125 Å². The Bertz CT molecular complexity index is 493. The third-order valence-corrected chi connectivity index (χ3v) is 3.96. The summed E-state index contributed by atoms with van der Waals surface area (Å²) >= 11 is 0. The van der Waals surface area contributed by atoms with E-state index in [0.29, 0.717) is 11.6 Å². The maximum Gasteiger partial charge on any atom is 0.231 e. The lowest BCUT2D eigenvalue weighted by molar-refractivity contribution is -0.119. The van der Waals surface area contributed by atoms with Gasteiger partial charge in [-0.3, -0.25) is 14.5 Å². The fourth-order valence-corrected chi connectivity index (χ4v) is 2.84. The van der Waals surface area contributed by atoms with E-state index in [1.54, 1.807) is 31.4 Å². The highest BCUT2D eigenvalue weighted by atomic mass is 16.5. The van der Waals surface area contributed by atoms with Crippen LogP contribution in [0.25, 0.3) is 0 Å². The molecule has 0 saturated heterocycles. The van der Waals surface area contributed by atoms with Gasteiger partial charge in [0.1, 0.15) is 5.75 Å². The molecule has 0 radical (unpaired) electrons. The average Bonchev–Trinajstić information content (AvgIpc) is 3.00. The van der Waals surface area contributed by atoms with E-state index in [2.05, 4.69) is 0 Å². The standard InChI is InChI=1S/C16H22N2O3/c1-21-14-8-6-12(7-9-14)15(19)10-18(11-16(17)20)13-4-2-3-5-13/h6-9,13H,2-5,10-11H2,1H3,(H2,17,20). The van der Waals surface area contributed by atoms with E-state index in [0.717, 1.165) is 31.4 Å². The highest BCUT2D eigenvalue weighted by molar-refractivity contribution is 5.98. The molecule has 2 rings (SSSR count). The maximum absolute atomic E-state index is 12.4. The molecule has 1 aliphatic carbocycles. The van der Waals surface area contributed by atoms with Crippen LogP contribution in [-0.2, 0) is 4.79 Å². The number of carbonyl (C=O) groups is 2. The number of hydrogen-bond acceptors (Lipinski definition) is 4. The number of methoxy groups -OCH3 is 1. The first-order chi connectivity index (χ1) is 10.1. The molecule has 114 valence electrons. The number of nitrogens with two attached hydrogens (primary N) is 1. The minimum Gasteiger partial charge on any atom is -0.497 e. The van der Waals surface area contributed by atoms with E-state index < -0.39 is 0 Å². The number of rotatable bonds is 7. The van der Waals surface area contributed by atoms with Crippen molar-refractivity contribution >= 4 is 11.7 Å². The number of carbonyl (C=O) groups excluding carboxylic acids is 2. The average molecular weight is 290 g/mol. The Hall–Kier alpha value is -1.88. The minimum absolute atomic E-state index is 0.00537. The van der Waals surface area contributed by atoms with Crippen molar-refractivity contribution in [1.82, 2.24) is 4.90 Å². The molecule has 2 N–H and O–H groups in total. The van der Waals surface area contributed by atoms with Crippen LogP contribution < -0.4 is 10.5 Å². The molecule has 1 aliphatic rings. The summed E-state index contributed by atoms with van der Waals surface area (Å²) in [7, 11) is 1.59. The molecule has 1 aromatic carbocycles. The number of primary amides is 1. The molecule has 21 heavy (non-hydrogen) atoms. The van der Waals surface area contributed by atoms with Gasteiger partial charge in [0.15, 0.2) is 5.78 Å². The number of benzene rings is 1. The van der Waals surface area contributed by atoms with Gasteiger partial charge in [0.05, 0.1) is 20.2 Å². The van der Waals surface area contributed by atoms with Gasteiger partial charge >= 0.3 is 0 Å². The van der Waals surface area contributed by atoms with Crippen molar-refractivity contribution in [2.24, 2.45) is 5.73 Å². The molecule has 0 bridgehead atoms. The van der Waals surface area contributed by atoms with E-state index >= 15 is 0 Å². The van der Waals surface area contributed by atoms with Gasteiger partial charge in [0.25, 0.3) is 0 Å². The molecule has 1 fully saturated rings. The lowest BCUT2D eigenvalue weighted by Crippen LogP contribution is -2.43. The Kier molecular flexibility index (Phi) is 5.33. The van der Waals surface area contributed by atoms with Crippen molar-refractivity contribution in [2.75, 3.05) is 20.2 Å². The van der Waals surface area contributed by atoms with Crippen LogP contribution in [0.2, 0.25) is 0 Å². The Morgan fingerprint density at radius 1 is 1.19 bits per heavy atom.